The van der Waals surface area contributed by atoms with Crippen molar-refractivity contribution >= 4 is 50.2 Å². The van der Waals surface area contributed by atoms with Gasteiger partial charge in [-0.2, -0.15) is 9.97 Å². The van der Waals surface area contributed by atoms with E-state index in [4.69, 9.17) is 11.6 Å². The SMILES string of the molecule is Fc1ccc(Nc2nc(Cl)nc3nc[nH]c23)cc1Br. The maximum absolute atomic E-state index is 13.2. The van der Waals surface area contributed by atoms with Crippen LogP contribution in [0.2, 0.25) is 5.28 Å². The first-order chi connectivity index (χ1) is 9.13. The van der Waals surface area contributed by atoms with Crippen LogP contribution < -0.4 is 5.32 Å². The minimum absolute atomic E-state index is 0.0864. The van der Waals surface area contributed by atoms with Crippen LogP contribution in [0.25, 0.3) is 11.2 Å². The van der Waals surface area contributed by atoms with E-state index in [2.05, 4.69) is 41.2 Å². The highest BCUT2D eigenvalue weighted by molar-refractivity contribution is 9.10. The molecule has 0 amide bonds. The molecule has 0 unspecified atom stereocenters. The molecule has 1 aromatic carbocycles. The molecule has 0 bridgehead atoms. The van der Waals surface area contributed by atoms with E-state index >= 15 is 0 Å². The average Bonchev–Trinajstić information content (AvgIpc) is 2.82. The second kappa shape index (κ2) is 4.75. The zero-order valence-electron chi connectivity index (χ0n) is 9.28. The fraction of sp³-hybridized carbons (Fsp3) is 0. The van der Waals surface area contributed by atoms with E-state index in [-0.39, 0.29) is 11.1 Å². The number of hydrogen-bond acceptors (Lipinski definition) is 4. The normalized spacial score (nSPS) is 10.9. The summed E-state index contributed by atoms with van der Waals surface area (Å²) in [4.78, 5) is 15.0. The third-order valence-electron chi connectivity index (χ3n) is 2.44. The molecule has 0 atom stereocenters. The van der Waals surface area contributed by atoms with Gasteiger partial charge < -0.3 is 10.3 Å². The molecule has 2 aromatic heterocycles. The Morgan fingerprint density at radius 3 is 2.95 bits per heavy atom. The molecule has 0 aliphatic rings. The van der Waals surface area contributed by atoms with Gasteiger partial charge in [-0.3, -0.25) is 0 Å². The number of rotatable bonds is 2. The molecule has 0 fully saturated rings. The molecule has 0 aliphatic carbocycles. The largest absolute Gasteiger partial charge is 0.340 e. The molecule has 3 aromatic rings. The molecule has 5 nitrogen and oxygen atoms in total. The maximum atomic E-state index is 13.2. The third-order valence-corrected chi connectivity index (χ3v) is 3.22. The number of hydrogen-bond donors (Lipinski definition) is 2. The van der Waals surface area contributed by atoms with Gasteiger partial charge in [-0.05, 0) is 45.7 Å². The number of anilines is 2. The lowest BCUT2D eigenvalue weighted by Crippen LogP contribution is -1.97. The number of aromatic nitrogens is 4. The maximum Gasteiger partial charge on any atom is 0.226 e. The summed E-state index contributed by atoms with van der Waals surface area (Å²) in [5, 5.41) is 3.12. The van der Waals surface area contributed by atoms with E-state index in [9.17, 15) is 4.39 Å². The summed E-state index contributed by atoms with van der Waals surface area (Å²) in [6.45, 7) is 0. The fourth-order valence-electron chi connectivity index (χ4n) is 1.61. The zero-order chi connectivity index (χ0) is 13.4. The molecule has 0 spiro atoms. The van der Waals surface area contributed by atoms with E-state index in [1.807, 2.05) is 0 Å². The summed E-state index contributed by atoms with van der Waals surface area (Å²) < 4.78 is 13.5. The summed E-state index contributed by atoms with van der Waals surface area (Å²) in [5.41, 5.74) is 1.76. The zero-order valence-corrected chi connectivity index (χ0v) is 11.6. The molecule has 0 aliphatic heterocycles. The van der Waals surface area contributed by atoms with Crippen LogP contribution in [0.4, 0.5) is 15.9 Å². The third kappa shape index (κ3) is 2.39. The predicted molar refractivity (Wildman–Crippen MR) is 74.1 cm³/mol. The van der Waals surface area contributed by atoms with E-state index < -0.39 is 0 Å². The van der Waals surface area contributed by atoms with Gasteiger partial charge in [-0.1, -0.05) is 0 Å². The van der Waals surface area contributed by atoms with Crippen molar-refractivity contribution in [3.8, 4) is 0 Å². The standard InChI is InChI=1S/C11H6BrClFN5/c12-6-3-5(1-2-7(6)14)17-10-8-9(16-4-15-8)18-11(13)19-10/h1-4H,(H2,15,16,17,18,19). The van der Waals surface area contributed by atoms with Gasteiger partial charge in [0.25, 0.3) is 0 Å². The van der Waals surface area contributed by atoms with Crippen LogP contribution >= 0.6 is 27.5 Å². The second-order valence-corrected chi connectivity index (χ2v) is 4.89. The molecule has 2 N–H and O–H groups in total. The highest BCUT2D eigenvalue weighted by Crippen LogP contribution is 2.25. The summed E-state index contributed by atoms with van der Waals surface area (Å²) in [6, 6.07) is 4.55. The van der Waals surface area contributed by atoms with E-state index in [1.165, 1.54) is 12.4 Å². The molecule has 0 saturated heterocycles. The monoisotopic (exact) mass is 341 g/mol. The molecular formula is C11H6BrClFN5. The van der Waals surface area contributed by atoms with E-state index in [0.717, 1.165) is 0 Å². The lowest BCUT2D eigenvalue weighted by Gasteiger charge is -2.07. The Bertz CT molecular complexity index is 760. The number of fused-ring (bicyclic) bond motifs is 1. The number of nitrogens with zero attached hydrogens (tertiary/aromatic N) is 3. The quantitative estimate of drug-likeness (QED) is 0.698. The Hall–Kier alpha value is -1.73. The van der Waals surface area contributed by atoms with Crippen LogP contribution in [-0.2, 0) is 0 Å². The fourth-order valence-corrected chi connectivity index (χ4v) is 2.15. The van der Waals surface area contributed by atoms with Crippen molar-refractivity contribution in [1.29, 1.82) is 0 Å². The van der Waals surface area contributed by atoms with Crippen molar-refractivity contribution < 1.29 is 4.39 Å². The predicted octanol–water partition coefficient (Wildman–Crippen LogP) is 3.65. The Kier molecular flexibility index (Phi) is 3.08. The Labute approximate surface area is 120 Å². The number of aromatic amines is 1. The van der Waals surface area contributed by atoms with Gasteiger partial charge >= 0.3 is 0 Å². The van der Waals surface area contributed by atoms with Gasteiger partial charge in [0.2, 0.25) is 5.28 Å². The number of nitrogens with one attached hydrogen (secondary N) is 2. The van der Waals surface area contributed by atoms with Crippen LogP contribution in [0.1, 0.15) is 0 Å². The lowest BCUT2D eigenvalue weighted by molar-refractivity contribution is 0.621. The molecule has 96 valence electrons. The molecule has 3 rings (SSSR count). The van der Waals surface area contributed by atoms with Crippen molar-refractivity contribution in [3.63, 3.8) is 0 Å². The minimum atomic E-state index is -0.335. The first-order valence-corrected chi connectivity index (χ1v) is 6.39. The molecule has 19 heavy (non-hydrogen) atoms. The molecular weight excluding hydrogens is 337 g/mol. The second-order valence-electron chi connectivity index (χ2n) is 3.70. The number of benzene rings is 1. The van der Waals surface area contributed by atoms with Crippen LogP contribution in [0, 0.1) is 5.82 Å². The highest BCUT2D eigenvalue weighted by Gasteiger charge is 2.09. The molecule has 8 heteroatoms. The van der Waals surface area contributed by atoms with Gasteiger partial charge in [0.1, 0.15) is 11.3 Å². The Morgan fingerprint density at radius 2 is 2.16 bits per heavy atom. The van der Waals surface area contributed by atoms with E-state index in [0.29, 0.717) is 27.1 Å². The minimum Gasteiger partial charge on any atom is -0.340 e. The first kappa shape index (κ1) is 12.3. The topological polar surface area (TPSA) is 66.5 Å². The van der Waals surface area contributed by atoms with Crippen molar-refractivity contribution in [2.24, 2.45) is 0 Å². The average molecular weight is 343 g/mol. The highest BCUT2D eigenvalue weighted by atomic mass is 79.9. The van der Waals surface area contributed by atoms with Crippen LogP contribution in [-0.4, -0.2) is 19.9 Å². The van der Waals surface area contributed by atoms with Crippen molar-refractivity contribution in [1.82, 2.24) is 19.9 Å². The van der Waals surface area contributed by atoms with Crippen molar-refractivity contribution in [2.75, 3.05) is 5.32 Å². The summed E-state index contributed by atoms with van der Waals surface area (Å²) in [7, 11) is 0. The summed E-state index contributed by atoms with van der Waals surface area (Å²) in [5.74, 6) is 0.143. The Morgan fingerprint density at radius 1 is 1.32 bits per heavy atom. The number of imidazole rings is 1. The van der Waals surface area contributed by atoms with Crippen LogP contribution in [0.15, 0.2) is 29.0 Å². The molecule has 0 radical (unpaired) electrons. The van der Waals surface area contributed by atoms with Gasteiger partial charge in [0.15, 0.2) is 11.5 Å². The molecule has 0 saturated carbocycles. The number of halogens is 3. The van der Waals surface area contributed by atoms with Gasteiger partial charge in [0.05, 0.1) is 10.8 Å². The number of H-pyrrole nitrogens is 1. The van der Waals surface area contributed by atoms with Gasteiger partial charge in [0, 0.05) is 5.69 Å². The van der Waals surface area contributed by atoms with Crippen molar-refractivity contribution in [2.45, 2.75) is 0 Å². The summed E-state index contributed by atoms with van der Waals surface area (Å²) in [6.07, 6.45) is 1.50. The van der Waals surface area contributed by atoms with Crippen LogP contribution in [0.3, 0.4) is 0 Å². The van der Waals surface area contributed by atoms with Gasteiger partial charge in [-0.25, -0.2) is 9.37 Å². The molecule has 2 heterocycles. The first-order valence-electron chi connectivity index (χ1n) is 5.22. The van der Waals surface area contributed by atoms with E-state index in [1.54, 1.807) is 12.1 Å². The smallest absolute Gasteiger partial charge is 0.226 e. The van der Waals surface area contributed by atoms with Crippen LogP contribution in [0.5, 0.6) is 0 Å². The Balaban J connectivity index is 2.04. The summed E-state index contributed by atoms with van der Waals surface area (Å²) >= 11 is 8.94. The lowest BCUT2D eigenvalue weighted by atomic mass is 10.3. The van der Waals surface area contributed by atoms with Gasteiger partial charge in [-0.15, -0.1) is 0 Å². The van der Waals surface area contributed by atoms with Crippen molar-refractivity contribution in [3.05, 3.63) is 40.1 Å².